The summed E-state index contributed by atoms with van der Waals surface area (Å²) in [5.41, 5.74) is 10.5. The second kappa shape index (κ2) is 9.36. The van der Waals surface area contributed by atoms with Gasteiger partial charge in [0.2, 0.25) is 0 Å². The van der Waals surface area contributed by atoms with E-state index in [1.54, 1.807) is 0 Å². The van der Waals surface area contributed by atoms with E-state index in [4.69, 9.17) is 0 Å². The third-order valence-corrected chi connectivity index (χ3v) is 8.52. The fourth-order valence-electron chi connectivity index (χ4n) is 6.63. The minimum atomic E-state index is 1.11. The standard InChI is InChI=1S/C40H28/c1-2-12-31-26-32(25-20-27(31)10-1)40-37-17-7-5-15-35(37)39(36-16-6-8-18-38(36)40)30-23-21-29(22-24-30)34-19-9-13-28-11-3-4-14-33(28)34/h1,3-11,13-26H,2,12H2. The lowest BCUT2D eigenvalue weighted by molar-refractivity contribution is 0.986. The Morgan fingerprint density at radius 3 is 1.68 bits per heavy atom. The highest BCUT2D eigenvalue weighted by molar-refractivity contribution is 6.21. The van der Waals surface area contributed by atoms with E-state index in [9.17, 15) is 0 Å². The van der Waals surface area contributed by atoms with Gasteiger partial charge in [0.15, 0.2) is 0 Å². The molecule has 1 aliphatic rings. The largest absolute Gasteiger partial charge is 0.0836 e. The van der Waals surface area contributed by atoms with Crippen LogP contribution in [0.25, 0.3) is 71.8 Å². The van der Waals surface area contributed by atoms with Crippen molar-refractivity contribution >= 4 is 38.4 Å². The zero-order chi connectivity index (χ0) is 26.5. The molecular formula is C40H28. The molecule has 0 amide bonds. The Hall–Kier alpha value is -4.94. The summed E-state index contributed by atoms with van der Waals surface area (Å²) in [7, 11) is 0. The number of hydrogen-bond donors (Lipinski definition) is 0. The topological polar surface area (TPSA) is 0 Å². The highest BCUT2D eigenvalue weighted by atomic mass is 14.2. The van der Waals surface area contributed by atoms with Gasteiger partial charge >= 0.3 is 0 Å². The fourth-order valence-corrected chi connectivity index (χ4v) is 6.63. The highest BCUT2D eigenvalue weighted by Crippen LogP contribution is 2.44. The van der Waals surface area contributed by atoms with E-state index < -0.39 is 0 Å². The summed E-state index contributed by atoms with van der Waals surface area (Å²) < 4.78 is 0. The molecule has 0 heteroatoms. The molecule has 0 N–H and O–H groups in total. The summed E-state index contributed by atoms with van der Waals surface area (Å²) >= 11 is 0. The Labute approximate surface area is 234 Å². The van der Waals surface area contributed by atoms with Gasteiger partial charge in [-0.1, -0.05) is 146 Å². The Balaban J connectivity index is 1.34. The second-order valence-electron chi connectivity index (χ2n) is 10.8. The van der Waals surface area contributed by atoms with E-state index in [0.29, 0.717) is 0 Å². The molecule has 0 fully saturated rings. The lowest BCUT2D eigenvalue weighted by Gasteiger charge is -2.19. The van der Waals surface area contributed by atoms with Crippen molar-refractivity contribution in [3.05, 3.63) is 151 Å². The van der Waals surface area contributed by atoms with Crippen molar-refractivity contribution < 1.29 is 0 Å². The number of fused-ring (bicyclic) bond motifs is 4. The average molecular weight is 509 g/mol. The summed E-state index contributed by atoms with van der Waals surface area (Å²) in [6.45, 7) is 0. The van der Waals surface area contributed by atoms with E-state index in [1.807, 2.05) is 0 Å². The molecule has 0 atom stereocenters. The van der Waals surface area contributed by atoms with Gasteiger partial charge in [0.25, 0.3) is 0 Å². The van der Waals surface area contributed by atoms with Crippen molar-refractivity contribution in [1.82, 2.24) is 0 Å². The quantitative estimate of drug-likeness (QED) is 0.208. The van der Waals surface area contributed by atoms with Crippen LogP contribution in [0.3, 0.4) is 0 Å². The van der Waals surface area contributed by atoms with Crippen molar-refractivity contribution in [1.29, 1.82) is 0 Å². The molecular weight excluding hydrogens is 480 g/mol. The van der Waals surface area contributed by atoms with Gasteiger partial charge < -0.3 is 0 Å². The minimum Gasteiger partial charge on any atom is -0.0836 e. The Morgan fingerprint density at radius 2 is 0.975 bits per heavy atom. The maximum absolute atomic E-state index is 2.42. The predicted octanol–water partition coefficient (Wildman–Crippen LogP) is 11.1. The van der Waals surface area contributed by atoms with E-state index in [0.717, 1.165) is 12.8 Å². The van der Waals surface area contributed by atoms with Crippen molar-refractivity contribution in [3.63, 3.8) is 0 Å². The first kappa shape index (κ1) is 23.0. The van der Waals surface area contributed by atoms with Crippen molar-refractivity contribution in [2.24, 2.45) is 0 Å². The van der Waals surface area contributed by atoms with Crippen LogP contribution in [0.15, 0.2) is 140 Å². The minimum absolute atomic E-state index is 1.11. The molecule has 0 unspecified atom stereocenters. The first-order chi connectivity index (χ1) is 19.8. The summed E-state index contributed by atoms with van der Waals surface area (Å²) in [5.74, 6) is 0. The van der Waals surface area contributed by atoms with Gasteiger partial charge in [-0.15, -0.1) is 0 Å². The zero-order valence-corrected chi connectivity index (χ0v) is 22.3. The monoisotopic (exact) mass is 508 g/mol. The SMILES string of the molecule is C1=Cc2ccc(-c3c4ccccc4c(-c4ccc(-c5cccc6ccccc56)cc4)c4ccccc34)cc2CC1. The smallest absolute Gasteiger partial charge is 0.00263 e. The van der Waals surface area contributed by atoms with Crippen molar-refractivity contribution in [2.45, 2.75) is 12.8 Å². The highest BCUT2D eigenvalue weighted by Gasteiger charge is 2.17. The number of hydrogen-bond acceptors (Lipinski definition) is 0. The zero-order valence-electron chi connectivity index (χ0n) is 22.3. The molecule has 188 valence electrons. The number of allylic oxidation sites excluding steroid dienone is 1. The lowest BCUT2D eigenvalue weighted by Crippen LogP contribution is -1.96. The van der Waals surface area contributed by atoms with Crippen LogP contribution in [0.2, 0.25) is 0 Å². The molecule has 8 rings (SSSR count). The van der Waals surface area contributed by atoms with Gasteiger partial charge in [-0.3, -0.25) is 0 Å². The van der Waals surface area contributed by atoms with Crippen LogP contribution < -0.4 is 0 Å². The molecule has 0 heterocycles. The van der Waals surface area contributed by atoms with Crippen LogP contribution in [0, 0.1) is 0 Å². The summed E-state index contributed by atoms with van der Waals surface area (Å²) in [6, 6.07) is 49.3. The van der Waals surface area contributed by atoms with E-state index >= 15 is 0 Å². The van der Waals surface area contributed by atoms with Gasteiger partial charge in [0.1, 0.15) is 0 Å². The number of aryl methyl sites for hydroxylation is 1. The molecule has 0 aliphatic heterocycles. The summed E-state index contributed by atoms with van der Waals surface area (Å²) in [6.07, 6.45) is 6.78. The van der Waals surface area contributed by atoms with Crippen LogP contribution in [0.4, 0.5) is 0 Å². The Kier molecular flexibility index (Phi) is 5.38. The van der Waals surface area contributed by atoms with Gasteiger partial charge in [-0.05, 0) is 89.7 Å². The van der Waals surface area contributed by atoms with Crippen LogP contribution in [-0.2, 0) is 6.42 Å². The maximum Gasteiger partial charge on any atom is -0.00263 e. The second-order valence-corrected chi connectivity index (χ2v) is 10.8. The van der Waals surface area contributed by atoms with E-state index in [1.165, 1.54) is 76.8 Å². The molecule has 1 aliphatic carbocycles. The molecule has 0 saturated heterocycles. The van der Waals surface area contributed by atoms with Crippen molar-refractivity contribution in [3.8, 4) is 33.4 Å². The molecule has 7 aromatic rings. The summed E-state index contributed by atoms with van der Waals surface area (Å²) in [5, 5.41) is 7.77. The maximum atomic E-state index is 2.42. The van der Waals surface area contributed by atoms with Gasteiger partial charge in [-0.2, -0.15) is 0 Å². The number of rotatable bonds is 3. The molecule has 0 bridgehead atoms. The molecule has 0 nitrogen and oxygen atoms in total. The number of benzene rings is 7. The molecule has 7 aromatic carbocycles. The van der Waals surface area contributed by atoms with Crippen LogP contribution in [0.5, 0.6) is 0 Å². The molecule has 0 spiro atoms. The third-order valence-electron chi connectivity index (χ3n) is 8.52. The first-order valence-corrected chi connectivity index (χ1v) is 14.2. The normalized spacial score (nSPS) is 12.7. The molecule has 0 saturated carbocycles. The van der Waals surface area contributed by atoms with Gasteiger partial charge in [-0.25, -0.2) is 0 Å². The summed E-state index contributed by atoms with van der Waals surface area (Å²) in [4.78, 5) is 0. The third kappa shape index (κ3) is 3.68. The van der Waals surface area contributed by atoms with Crippen LogP contribution >= 0.6 is 0 Å². The van der Waals surface area contributed by atoms with E-state index in [2.05, 4.69) is 146 Å². The fraction of sp³-hybridized carbons (Fsp3) is 0.0500. The van der Waals surface area contributed by atoms with Crippen molar-refractivity contribution in [2.75, 3.05) is 0 Å². The van der Waals surface area contributed by atoms with Gasteiger partial charge in [0, 0.05) is 0 Å². The predicted molar refractivity (Wildman–Crippen MR) is 173 cm³/mol. The molecule has 40 heavy (non-hydrogen) atoms. The molecule has 0 aromatic heterocycles. The Bertz CT molecular complexity index is 2030. The lowest BCUT2D eigenvalue weighted by atomic mass is 9.84. The van der Waals surface area contributed by atoms with Gasteiger partial charge in [0.05, 0.1) is 0 Å². The first-order valence-electron chi connectivity index (χ1n) is 14.2. The molecule has 0 radical (unpaired) electrons. The van der Waals surface area contributed by atoms with Crippen LogP contribution in [0.1, 0.15) is 17.5 Å². The van der Waals surface area contributed by atoms with E-state index in [-0.39, 0.29) is 0 Å². The van der Waals surface area contributed by atoms with Crippen LogP contribution in [-0.4, -0.2) is 0 Å². The average Bonchev–Trinajstić information content (AvgIpc) is 3.03. The Morgan fingerprint density at radius 1 is 0.425 bits per heavy atom.